The molecule has 260 valence electrons. The van der Waals surface area contributed by atoms with E-state index in [1.807, 2.05) is 42.6 Å². The number of fused-ring (bicyclic) bond motifs is 5. The van der Waals surface area contributed by atoms with E-state index in [9.17, 15) is 0 Å². The fourth-order valence-corrected chi connectivity index (χ4v) is 8.56. The Labute approximate surface area is 325 Å². The van der Waals surface area contributed by atoms with Crippen LogP contribution < -0.4 is 0 Å². The predicted octanol–water partition coefficient (Wildman–Crippen LogP) is 14.6. The van der Waals surface area contributed by atoms with Crippen molar-refractivity contribution in [2.75, 3.05) is 0 Å². The van der Waals surface area contributed by atoms with Crippen molar-refractivity contribution in [1.29, 1.82) is 0 Å². The smallest absolute Gasteiger partial charge is 0.0972 e. The van der Waals surface area contributed by atoms with Crippen molar-refractivity contribution >= 4 is 53.9 Å². The molecule has 11 aromatic rings. The summed E-state index contributed by atoms with van der Waals surface area (Å²) in [5, 5.41) is 12.8. The van der Waals surface area contributed by atoms with Gasteiger partial charge < -0.3 is 0 Å². The number of hydrogen-bond donors (Lipinski definition) is 0. The van der Waals surface area contributed by atoms with Crippen LogP contribution in [0, 0.1) is 0 Å². The van der Waals surface area contributed by atoms with Crippen molar-refractivity contribution in [1.82, 2.24) is 9.97 Å². The zero-order valence-electron chi connectivity index (χ0n) is 30.5. The first-order valence-corrected chi connectivity index (χ1v) is 19.1. The summed E-state index contributed by atoms with van der Waals surface area (Å²) >= 11 is 0. The second kappa shape index (κ2) is 13.2. The molecule has 2 nitrogen and oxygen atoms in total. The predicted molar refractivity (Wildman–Crippen MR) is 237 cm³/mol. The van der Waals surface area contributed by atoms with Gasteiger partial charge in [-0.3, -0.25) is 4.98 Å². The van der Waals surface area contributed by atoms with Crippen LogP contribution in [0.4, 0.5) is 0 Å². The molecule has 0 amide bonds. The Balaban J connectivity index is 0.970. The Bertz CT molecular complexity index is 3260. The Morgan fingerprint density at radius 3 is 1.30 bits per heavy atom. The summed E-state index contributed by atoms with van der Waals surface area (Å²) in [4.78, 5) is 10.1. The third-order valence-electron chi connectivity index (χ3n) is 11.3. The zero-order valence-corrected chi connectivity index (χ0v) is 30.5. The molecule has 0 aliphatic rings. The molecule has 0 N–H and O–H groups in total. The summed E-state index contributed by atoms with van der Waals surface area (Å²) in [6.07, 6.45) is 1.89. The van der Waals surface area contributed by atoms with Gasteiger partial charge in [-0.25, -0.2) is 4.98 Å². The van der Waals surface area contributed by atoms with Gasteiger partial charge in [0.2, 0.25) is 0 Å². The third kappa shape index (κ3) is 5.34. The van der Waals surface area contributed by atoms with Crippen molar-refractivity contribution in [2.24, 2.45) is 0 Å². The highest BCUT2D eigenvalue weighted by molar-refractivity contribution is 6.32. The zero-order chi connectivity index (χ0) is 37.0. The van der Waals surface area contributed by atoms with E-state index < -0.39 is 0 Å². The van der Waals surface area contributed by atoms with Crippen LogP contribution in [0.15, 0.2) is 206 Å². The molecule has 56 heavy (non-hydrogen) atoms. The number of hydrogen-bond acceptors (Lipinski definition) is 2. The highest BCUT2D eigenvalue weighted by Gasteiger charge is 2.15. The van der Waals surface area contributed by atoms with Gasteiger partial charge in [0, 0.05) is 16.7 Å². The number of rotatable bonds is 5. The van der Waals surface area contributed by atoms with Crippen molar-refractivity contribution in [3.05, 3.63) is 206 Å². The third-order valence-corrected chi connectivity index (χ3v) is 11.3. The Morgan fingerprint density at radius 2 is 0.714 bits per heavy atom. The molecular weight excluding hydrogens is 677 g/mol. The van der Waals surface area contributed by atoms with E-state index in [-0.39, 0.29) is 0 Å². The maximum Gasteiger partial charge on any atom is 0.0972 e. The fraction of sp³-hybridized carbons (Fsp3) is 0. The van der Waals surface area contributed by atoms with Gasteiger partial charge in [0.15, 0.2) is 0 Å². The lowest BCUT2D eigenvalue weighted by Gasteiger charge is -2.14. The Hall–Kier alpha value is -7.42. The Morgan fingerprint density at radius 1 is 0.268 bits per heavy atom. The molecule has 0 bridgehead atoms. The largest absolute Gasteiger partial charge is 0.252 e. The minimum atomic E-state index is 0.849. The van der Waals surface area contributed by atoms with Crippen molar-refractivity contribution in [2.45, 2.75) is 0 Å². The number of nitrogens with zero attached hydrogens (tertiary/aromatic N) is 2. The monoisotopic (exact) mass is 710 g/mol. The van der Waals surface area contributed by atoms with Gasteiger partial charge in [0.1, 0.15) is 0 Å². The SMILES string of the molecule is c1ccc(-c2ncc(-c3ccc(-c4ccc(-c5ccc6c(c5)c5ccccc5c5cccc7ccc8cccc6c8c75)cc4)cc3)nc2-c2ccccc2)cc1. The average molecular weight is 711 g/mol. The lowest BCUT2D eigenvalue weighted by Crippen LogP contribution is -1.96. The van der Waals surface area contributed by atoms with Gasteiger partial charge in [-0.05, 0) is 82.2 Å². The van der Waals surface area contributed by atoms with Gasteiger partial charge in [0.25, 0.3) is 0 Å². The van der Waals surface area contributed by atoms with Crippen molar-refractivity contribution in [3.8, 4) is 56.0 Å². The fourth-order valence-electron chi connectivity index (χ4n) is 8.56. The van der Waals surface area contributed by atoms with Crippen molar-refractivity contribution < 1.29 is 0 Å². The minimum absolute atomic E-state index is 0.849. The standard InChI is InChI=1S/C54H34N2/c1-3-11-41(12-4-1)53-54(42-13-5-2-6-14-42)56-50(34-55-53)38-27-25-36(26-28-38)35-21-23-37(24-22-35)43-31-32-46-48-20-10-16-40-30-29-39-15-9-19-47(51(39)52(40)48)44-17-7-8-18-45(44)49(46)33-43/h1-34H. The van der Waals surface area contributed by atoms with Gasteiger partial charge in [0.05, 0.1) is 23.3 Å². The molecule has 10 aromatic carbocycles. The summed E-state index contributed by atoms with van der Waals surface area (Å²) in [7, 11) is 0. The second-order valence-corrected chi connectivity index (χ2v) is 14.5. The van der Waals surface area contributed by atoms with Crippen LogP contribution in [0.25, 0.3) is 110 Å². The first-order valence-electron chi connectivity index (χ1n) is 19.1. The van der Waals surface area contributed by atoms with Gasteiger partial charge >= 0.3 is 0 Å². The van der Waals surface area contributed by atoms with E-state index in [2.05, 4.69) is 164 Å². The highest BCUT2D eigenvalue weighted by Crippen LogP contribution is 2.41. The number of aromatic nitrogens is 2. The number of benzene rings is 9. The molecule has 11 rings (SSSR count). The van der Waals surface area contributed by atoms with Crippen molar-refractivity contribution in [3.63, 3.8) is 0 Å². The normalized spacial score (nSPS) is 11.6. The van der Waals surface area contributed by atoms with E-state index in [0.29, 0.717) is 0 Å². The molecule has 2 heteroatoms. The first kappa shape index (κ1) is 32.0. The maximum absolute atomic E-state index is 5.16. The maximum atomic E-state index is 5.16. The molecule has 0 fully saturated rings. The lowest BCUT2D eigenvalue weighted by atomic mass is 9.89. The molecule has 0 saturated carbocycles. The van der Waals surface area contributed by atoms with E-state index in [4.69, 9.17) is 9.97 Å². The molecule has 0 aliphatic carbocycles. The van der Waals surface area contributed by atoms with E-state index in [1.165, 1.54) is 70.6 Å². The molecule has 1 heterocycles. The molecule has 0 atom stereocenters. The molecule has 0 aliphatic heterocycles. The summed E-state index contributed by atoms with van der Waals surface area (Å²) in [6.45, 7) is 0. The van der Waals surface area contributed by atoms with E-state index in [1.54, 1.807) is 0 Å². The summed E-state index contributed by atoms with van der Waals surface area (Å²) < 4.78 is 0. The van der Waals surface area contributed by atoms with E-state index in [0.717, 1.165) is 39.3 Å². The van der Waals surface area contributed by atoms with Gasteiger partial charge in [-0.2, -0.15) is 0 Å². The van der Waals surface area contributed by atoms with Crippen LogP contribution >= 0.6 is 0 Å². The second-order valence-electron chi connectivity index (χ2n) is 14.5. The molecular formula is C54H34N2. The molecule has 0 unspecified atom stereocenters. The molecule has 0 spiro atoms. The van der Waals surface area contributed by atoms with Crippen LogP contribution in [0.3, 0.4) is 0 Å². The molecule has 0 radical (unpaired) electrons. The lowest BCUT2D eigenvalue weighted by molar-refractivity contribution is 1.21. The average Bonchev–Trinajstić information content (AvgIpc) is 3.28. The van der Waals surface area contributed by atoms with Crippen LogP contribution in [0.5, 0.6) is 0 Å². The molecule has 0 saturated heterocycles. The first-order chi connectivity index (χ1) is 27.8. The highest BCUT2D eigenvalue weighted by atomic mass is 14.8. The van der Waals surface area contributed by atoms with Crippen LogP contribution in [-0.4, -0.2) is 9.97 Å². The van der Waals surface area contributed by atoms with E-state index >= 15 is 0 Å². The van der Waals surface area contributed by atoms with Crippen LogP contribution in [0.2, 0.25) is 0 Å². The Kier molecular flexibility index (Phi) is 7.53. The van der Waals surface area contributed by atoms with Crippen LogP contribution in [0.1, 0.15) is 0 Å². The summed E-state index contributed by atoms with van der Waals surface area (Å²) in [5.74, 6) is 0. The molecule has 1 aromatic heterocycles. The quantitative estimate of drug-likeness (QED) is 0.166. The van der Waals surface area contributed by atoms with Crippen LogP contribution in [-0.2, 0) is 0 Å². The van der Waals surface area contributed by atoms with Gasteiger partial charge in [-0.15, -0.1) is 0 Å². The summed E-state index contributed by atoms with van der Waals surface area (Å²) in [5.41, 5.74) is 10.5. The topological polar surface area (TPSA) is 25.8 Å². The van der Waals surface area contributed by atoms with Gasteiger partial charge in [-0.1, -0.05) is 194 Å². The minimum Gasteiger partial charge on any atom is -0.252 e. The summed E-state index contributed by atoms with van der Waals surface area (Å²) in [6, 6.07) is 72.1.